The number of fused-ring (bicyclic) bond motifs is 1. The molecular formula is C18H16O2. The largest absolute Gasteiger partial charge is 0.455 e. The van der Waals surface area contributed by atoms with Gasteiger partial charge in [-0.1, -0.05) is 49.4 Å². The Hall–Kier alpha value is -2.35. The van der Waals surface area contributed by atoms with Crippen molar-refractivity contribution in [3.05, 3.63) is 69.9 Å². The molecule has 0 unspecified atom stereocenters. The quantitative estimate of drug-likeness (QED) is 0.689. The molecule has 0 atom stereocenters. The highest BCUT2D eigenvalue weighted by Crippen LogP contribution is 2.27. The molecule has 0 bridgehead atoms. The summed E-state index contributed by atoms with van der Waals surface area (Å²) in [5.74, 6) is 0.694. The molecule has 0 amide bonds. The zero-order chi connectivity index (χ0) is 14.1. The summed E-state index contributed by atoms with van der Waals surface area (Å²) in [6.45, 7) is 3.95. The predicted octanol–water partition coefficient (Wildman–Crippen LogP) is 4.33. The van der Waals surface area contributed by atoms with Crippen LogP contribution in [0, 0.1) is 6.92 Å². The average Bonchev–Trinajstić information content (AvgIpc) is 2.49. The highest BCUT2D eigenvalue weighted by atomic mass is 16.3. The first-order chi connectivity index (χ1) is 9.72. The van der Waals surface area contributed by atoms with Crippen LogP contribution < -0.4 is 5.43 Å². The molecular weight excluding hydrogens is 248 g/mol. The Labute approximate surface area is 117 Å². The van der Waals surface area contributed by atoms with E-state index in [2.05, 4.69) is 0 Å². The molecule has 0 fully saturated rings. The average molecular weight is 264 g/mol. The van der Waals surface area contributed by atoms with Gasteiger partial charge in [-0.25, -0.2) is 0 Å². The topological polar surface area (TPSA) is 30.2 Å². The zero-order valence-corrected chi connectivity index (χ0v) is 11.6. The SMILES string of the molecule is CCc1c(-c2ccccc2)oc2c(C)cccc2c1=O. The summed E-state index contributed by atoms with van der Waals surface area (Å²) in [6.07, 6.45) is 0.663. The molecule has 2 heteroatoms. The lowest BCUT2D eigenvalue weighted by atomic mass is 10.0. The van der Waals surface area contributed by atoms with Gasteiger partial charge in [0, 0.05) is 11.1 Å². The van der Waals surface area contributed by atoms with E-state index in [4.69, 9.17) is 4.42 Å². The third kappa shape index (κ3) is 1.94. The Morgan fingerprint density at radius 1 is 1.00 bits per heavy atom. The summed E-state index contributed by atoms with van der Waals surface area (Å²) in [7, 11) is 0. The van der Waals surface area contributed by atoms with Crippen molar-refractivity contribution < 1.29 is 4.42 Å². The number of para-hydroxylation sites is 1. The van der Waals surface area contributed by atoms with E-state index in [-0.39, 0.29) is 5.43 Å². The van der Waals surface area contributed by atoms with Crippen molar-refractivity contribution in [2.24, 2.45) is 0 Å². The summed E-state index contributed by atoms with van der Waals surface area (Å²) in [4.78, 5) is 12.6. The van der Waals surface area contributed by atoms with Gasteiger partial charge < -0.3 is 4.42 Å². The highest BCUT2D eigenvalue weighted by Gasteiger charge is 2.15. The van der Waals surface area contributed by atoms with Crippen LogP contribution in [0.3, 0.4) is 0 Å². The van der Waals surface area contributed by atoms with Crippen molar-refractivity contribution in [3.63, 3.8) is 0 Å². The molecule has 20 heavy (non-hydrogen) atoms. The van der Waals surface area contributed by atoms with Crippen molar-refractivity contribution in [2.75, 3.05) is 0 Å². The van der Waals surface area contributed by atoms with Gasteiger partial charge in [-0.15, -0.1) is 0 Å². The number of hydrogen-bond donors (Lipinski definition) is 0. The Balaban J connectivity index is 2.43. The van der Waals surface area contributed by atoms with Crippen LogP contribution in [-0.4, -0.2) is 0 Å². The van der Waals surface area contributed by atoms with E-state index in [0.717, 1.165) is 16.7 Å². The fourth-order valence-electron chi connectivity index (χ4n) is 2.54. The maximum atomic E-state index is 12.6. The molecule has 3 rings (SSSR count). The van der Waals surface area contributed by atoms with E-state index in [0.29, 0.717) is 23.2 Å². The summed E-state index contributed by atoms with van der Waals surface area (Å²) in [6, 6.07) is 15.5. The molecule has 2 aromatic carbocycles. The third-order valence-corrected chi connectivity index (χ3v) is 3.60. The standard InChI is InChI=1S/C18H16O2/c1-3-14-16(19)15-11-7-8-12(2)17(15)20-18(14)13-9-5-4-6-10-13/h4-11H,3H2,1-2H3. The van der Waals surface area contributed by atoms with Gasteiger partial charge in [0.05, 0.1) is 5.39 Å². The maximum Gasteiger partial charge on any atom is 0.196 e. The number of rotatable bonds is 2. The van der Waals surface area contributed by atoms with Crippen LogP contribution in [-0.2, 0) is 6.42 Å². The second kappa shape index (κ2) is 4.97. The van der Waals surface area contributed by atoms with Crippen molar-refractivity contribution >= 4 is 11.0 Å². The lowest BCUT2D eigenvalue weighted by molar-refractivity contribution is 0.608. The molecule has 1 heterocycles. The van der Waals surface area contributed by atoms with Crippen LogP contribution in [0.2, 0.25) is 0 Å². The molecule has 0 spiro atoms. The Morgan fingerprint density at radius 3 is 2.45 bits per heavy atom. The van der Waals surface area contributed by atoms with E-state index in [9.17, 15) is 4.79 Å². The highest BCUT2D eigenvalue weighted by molar-refractivity contribution is 5.82. The first-order valence-corrected chi connectivity index (χ1v) is 6.83. The van der Waals surface area contributed by atoms with Gasteiger partial charge in [-0.2, -0.15) is 0 Å². The lowest BCUT2D eigenvalue weighted by Crippen LogP contribution is -2.10. The molecule has 3 aromatic rings. The van der Waals surface area contributed by atoms with Crippen LogP contribution in [0.25, 0.3) is 22.3 Å². The van der Waals surface area contributed by atoms with E-state index < -0.39 is 0 Å². The van der Waals surface area contributed by atoms with Crippen LogP contribution in [0.5, 0.6) is 0 Å². The number of hydrogen-bond acceptors (Lipinski definition) is 2. The summed E-state index contributed by atoms with van der Waals surface area (Å²) in [5.41, 5.74) is 3.45. The van der Waals surface area contributed by atoms with Gasteiger partial charge in [-0.3, -0.25) is 4.79 Å². The fourth-order valence-corrected chi connectivity index (χ4v) is 2.54. The normalized spacial score (nSPS) is 10.9. The summed E-state index contributed by atoms with van der Waals surface area (Å²) >= 11 is 0. The van der Waals surface area contributed by atoms with Gasteiger partial charge in [0.15, 0.2) is 5.43 Å². The van der Waals surface area contributed by atoms with Crippen molar-refractivity contribution in [1.29, 1.82) is 0 Å². The van der Waals surface area contributed by atoms with Crippen molar-refractivity contribution in [1.82, 2.24) is 0 Å². The molecule has 0 saturated carbocycles. The minimum Gasteiger partial charge on any atom is -0.455 e. The van der Waals surface area contributed by atoms with E-state index in [1.54, 1.807) is 0 Å². The third-order valence-electron chi connectivity index (χ3n) is 3.60. The van der Waals surface area contributed by atoms with E-state index >= 15 is 0 Å². The second-order valence-corrected chi connectivity index (χ2v) is 4.91. The molecule has 2 nitrogen and oxygen atoms in total. The molecule has 0 aliphatic carbocycles. The monoisotopic (exact) mass is 264 g/mol. The summed E-state index contributed by atoms with van der Waals surface area (Å²) < 4.78 is 6.08. The molecule has 0 saturated heterocycles. The van der Waals surface area contributed by atoms with Crippen molar-refractivity contribution in [2.45, 2.75) is 20.3 Å². The minimum atomic E-state index is 0.0799. The molecule has 1 aromatic heterocycles. The van der Waals surface area contributed by atoms with Gasteiger partial charge in [0.25, 0.3) is 0 Å². The lowest BCUT2D eigenvalue weighted by Gasteiger charge is -2.10. The zero-order valence-electron chi connectivity index (χ0n) is 11.6. The van der Waals surface area contributed by atoms with Gasteiger partial charge in [0.2, 0.25) is 0 Å². The molecule has 100 valence electrons. The van der Waals surface area contributed by atoms with E-state index in [1.807, 2.05) is 62.4 Å². The predicted molar refractivity (Wildman–Crippen MR) is 82.0 cm³/mol. The number of aryl methyl sites for hydroxylation is 1. The molecule has 0 radical (unpaired) electrons. The molecule has 0 aliphatic heterocycles. The Morgan fingerprint density at radius 2 is 1.75 bits per heavy atom. The second-order valence-electron chi connectivity index (χ2n) is 4.91. The van der Waals surface area contributed by atoms with Gasteiger partial charge in [-0.05, 0) is 25.0 Å². The van der Waals surface area contributed by atoms with E-state index in [1.165, 1.54) is 0 Å². The number of benzene rings is 2. The molecule has 0 N–H and O–H groups in total. The Kier molecular flexibility index (Phi) is 3.15. The van der Waals surface area contributed by atoms with Gasteiger partial charge >= 0.3 is 0 Å². The maximum absolute atomic E-state index is 12.6. The van der Waals surface area contributed by atoms with Gasteiger partial charge in [0.1, 0.15) is 11.3 Å². The Bertz CT molecular complexity index is 814. The van der Waals surface area contributed by atoms with Crippen LogP contribution in [0.15, 0.2) is 57.7 Å². The summed E-state index contributed by atoms with van der Waals surface area (Å²) in [5, 5.41) is 0.668. The van der Waals surface area contributed by atoms with Crippen molar-refractivity contribution in [3.8, 4) is 11.3 Å². The molecule has 0 aliphatic rings. The first-order valence-electron chi connectivity index (χ1n) is 6.83. The smallest absolute Gasteiger partial charge is 0.196 e. The van der Waals surface area contributed by atoms with Crippen LogP contribution in [0.1, 0.15) is 18.1 Å². The van der Waals surface area contributed by atoms with Crippen LogP contribution in [0.4, 0.5) is 0 Å². The first kappa shape index (κ1) is 12.7. The van der Waals surface area contributed by atoms with Crippen LogP contribution >= 0.6 is 0 Å². The minimum absolute atomic E-state index is 0.0799. The fraction of sp³-hybridized carbons (Fsp3) is 0.167.